The summed E-state index contributed by atoms with van der Waals surface area (Å²) in [6.07, 6.45) is 2.02. The normalized spacial score (nSPS) is 17.0. The molecule has 1 aliphatic heterocycles. The molecule has 2 N–H and O–H groups in total. The van der Waals surface area contributed by atoms with Crippen LogP contribution >= 0.6 is 0 Å². The summed E-state index contributed by atoms with van der Waals surface area (Å²) in [7, 11) is 0. The molecule has 1 fully saturated rings. The molecule has 1 saturated heterocycles. The Bertz CT molecular complexity index is 710. The molecule has 126 valence electrons. The van der Waals surface area contributed by atoms with Gasteiger partial charge in [-0.15, -0.1) is 0 Å². The molecule has 1 amide bonds. The van der Waals surface area contributed by atoms with Crippen molar-refractivity contribution in [3.63, 3.8) is 0 Å². The van der Waals surface area contributed by atoms with Gasteiger partial charge >= 0.3 is 0 Å². The third-order valence-electron chi connectivity index (χ3n) is 4.39. The number of hydrogen-bond donors (Lipinski definition) is 2. The van der Waals surface area contributed by atoms with Gasteiger partial charge in [0, 0.05) is 6.54 Å². The maximum atomic E-state index is 14.2. The van der Waals surface area contributed by atoms with E-state index in [9.17, 15) is 13.6 Å². The van der Waals surface area contributed by atoms with Crippen LogP contribution in [0.15, 0.2) is 42.5 Å². The summed E-state index contributed by atoms with van der Waals surface area (Å²) in [5, 5.41) is 6.06. The lowest BCUT2D eigenvalue weighted by atomic mass is 10.0. The maximum absolute atomic E-state index is 14.2. The van der Waals surface area contributed by atoms with Crippen molar-refractivity contribution in [3.05, 3.63) is 59.7 Å². The third kappa shape index (κ3) is 3.97. The van der Waals surface area contributed by atoms with Crippen LogP contribution in [-0.4, -0.2) is 25.5 Å². The Morgan fingerprint density at radius 2 is 1.88 bits per heavy atom. The SMILES string of the molecule is O=C(NCCC1CCNC1)c1ccc(-c2ccc(F)cc2)cc1F. The van der Waals surface area contributed by atoms with Crippen molar-refractivity contribution in [3.8, 4) is 11.1 Å². The van der Waals surface area contributed by atoms with E-state index in [-0.39, 0.29) is 11.4 Å². The molecule has 0 saturated carbocycles. The number of benzene rings is 2. The second-order valence-corrected chi connectivity index (χ2v) is 6.10. The molecule has 3 rings (SSSR count). The lowest BCUT2D eigenvalue weighted by Crippen LogP contribution is -2.27. The highest BCUT2D eigenvalue weighted by Gasteiger charge is 2.16. The van der Waals surface area contributed by atoms with E-state index in [2.05, 4.69) is 10.6 Å². The minimum absolute atomic E-state index is 0.0328. The van der Waals surface area contributed by atoms with E-state index in [1.165, 1.54) is 24.3 Å². The molecule has 2 aromatic rings. The molecule has 1 unspecified atom stereocenters. The minimum atomic E-state index is -0.572. The third-order valence-corrected chi connectivity index (χ3v) is 4.39. The van der Waals surface area contributed by atoms with Crippen LogP contribution < -0.4 is 10.6 Å². The molecule has 1 aliphatic rings. The zero-order valence-corrected chi connectivity index (χ0v) is 13.3. The maximum Gasteiger partial charge on any atom is 0.254 e. The average molecular weight is 330 g/mol. The molecule has 1 heterocycles. The smallest absolute Gasteiger partial charge is 0.254 e. The Kier molecular flexibility index (Phi) is 5.20. The first-order valence-electron chi connectivity index (χ1n) is 8.18. The van der Waals surface area contributed by atoms with Gasteiger partial charge < -0.3 is 10.6 Å². The lowest BCUT2D eigenvalue weighted by molar-refractivity contribution is 0.0947. The predicted molar refractivity (Wildman–Crippen MR) is 89.7 cm³/mol. The van der Waals surface area contributed by atoms with Gasteiger partial charge in [0.25, 0.3) is 5.91 Å². The molecule has 5 heteroatoms. The standard InChI is InChI=1S/C19H20F2N2O/c20-16-4-1-14(2-5-16)15-3-6-17(18(21)11-15)19(24)23-10-8-13-7-9-22-12-13/h1-6,11,13,22H,7-10,12H2,(H,23,24). The van der Waals surface area contributed by atoms with Gasteiger partial charge in [-0.3, -0.25) is 4.79 Å². The van der Waals surface area contributed by atoms with Gasteiger partial charge in [0.15, 0.2) is 0 Å². The fourth-order valence-electron chi connectivity index (χ4n) is 2.97. The van der Waals surface area contributed by atoms with Gasteiger partial charge in [-0.05, 0) is 67.2 Å². The number of carbonyl (C=O) groups is 1. The van der Waals surface area contributed by atoms with Crippen LogP contribution in [0.1, 0.15) is 23.2 Å². The van der Waals surface area contributed by atoms with Crippen molar-refractivity contribution in [1.82, 2.24) is 10.6 Å². The van der Waals surface area contributed by atoms with Crippen LogP contribution in [0.2, 0.25) is 0 Å². The fourth-order valence-corrected chi connectivity index (χ4v) is 2.97. The van der Waals surface area contributed by atoms with Crippen LogP contribution in [0.3, 0.4) is 0 Å². The van der Waals surface area contributed by atoms with E-state index < -0.39 is 11.7 Å². The van der Waals surface area contributed by atoms with E-state index in [1.54, 1.807) is 18.2 Å². The first-order chi connectivity index (χ1) is 11.6. The Balaban J connectivity index is 1.63. The van der Waals surface area contributed by atoms with E-state index >= 15 is 0 Å². The quantitative estimate of drug-likeness (QED) is 0.883. The van der Waals surface area contributed by atoms with Crippen LogP contribution in [0.5, 0.6) is 0 Å². The molecule has 0 aliphatic carbocycles. The summed E-state index contributed by atoms with van der Waals surface area (Å²) in [5.41, 5.74) is 1.35. The number of halogens is 2. The van der Waals surface area contributed by atoms with Crippen molar-refractivity contribution >= 4 is 5.91 Å². The number of carbonyl (C=O) groups excluding carboxylic acids is 1. The molecule has 3 nitrogen and oxygen atoms in total. The molecule has 24 heavy (non-hydrogen) atoms. The van der Waals surface area contributed by atoms with E-state index in [1.807, 2.05) is 0 Å². The van der Waals surface area contributed by atoms with Gasteiger partial charge in [-0.25, -0.2) is 8.78 Å². The second kappa shape index (κ2) is 7.53. The van der Waals surface area contributed by atoms with Crippen molar-refractivity contribution in [2.45, 2.75) is 12.8 Å². The van der Waals surface area contributed by atoms with E-state index in [4.69, 9.17) is 0 Å². The molecule has 2 aromatic carbocycles. The first-order valence-corrected chi connectivity index (χ1v) is 8.18. The van der Waals surface area contributed by atoms with Crippen LogP contribution in [0.4, 0.5) is 8.78 Å². The van der Waals surface area contributed by atoms with Crippen molar-refractivity contribution < 1.29 is 13.6 Å². The van der Waals surface area contributed by atoms with E-state index in [0.717, 1.165) is 25.9 Å². The Morgan fingerprint density at radius 1 is 1.12 bits per heavy atom. The molecule has 1 atom stereocenters. The molecule has 0 radical (unpaired) electrons. The molecular formula is C19H20F2N2O. The number of nitrogens with one attached hydrogen (secondary N) is 2. The zero-order chi connectivity index (χ0) is 16.9. The number of rotatable bonds is 5. The Labute approximate surface area is 140 Å². The largest absolute Gasteiger partial charge is 0.352 e. The summed E-state index contributed by atoms with van der Waals surface area (Å²) >= 11 is 0. The van der Waals surface area contributed by atoms with E-state index in [0.29, 0.717) is 23.6 Å². The summed E-state index contributed by atoms with van der Waals surface area (Å²) in [5.74, 6) is -0.732. The zero-order valence-electron chi connectivity index (χ0n) is 13.3. The van der Waals surface area contributed by atoms with Gasteiger partial charge in [0.2, 0.25) is 0 Å². The Hall–Kier alpha value is -2.27. The van der Waals surface area contributed by atoms with Crippen molar-refractivity contribution in [2.75, 3.05) is 19.6 Å². The second-order valence-electron chi connectivity index (χ2n) is 6.10. The van der Waals surface area contributed by atoms with Crippen molar-refractivity contribution in [1.29, 1.82) is 0 Å². The minimum Gasteiger partial charge on any atom is -0.352 e. The summed E-state index contributed by atoms with van der Waals surface area (Å²) < 4.78 is 27.2. The molecule has 0 spiro atoms. The van der Waals surface area contributed by atoms with Gasteiger partial charge in [0.05, 0.1) is 5.56 Å². The first kappa shape index (κ1) is 16.6. The summed E-state index contributed by atoms with van der Waals surface area (Å²) in [6, 6.07) is 10.3. The molecule has 0 aromatic heterocycles. The summed E-state index contributed by atoms with van der Waals surface area (Å²) in [4.78, 5) is 12.1. The predicted octanol–water partition coefficient (Wildman–Crippen LogP) is 3.36. The number of amides is 1. The van der Waals surface area contributed by atoms with Crippen LogP contribution in [-0.2, 0) is 0 Å². The molecular weight excluding hydrogens is 310 g/mol. The molecule has 0 bridgehead atoms. The highest BCUT2D eigenvalue weighted by molar-refractivity contribution is 5.95. The summed E-state index contributed by atoms with van der Waals surface area (Å²) in [6.45, 7) is 2.55. The van der Waals surface area contributed by atoms with Gasteiger partial charge in [0.1, 0.15) is 11.6 Å². The highest BCUT2D eigenvalue weighted by atomic mass is 19.1. The monoisotopic (exact) mass is 330 g/mol. The number of hydrogen-bond acceptors (Lipinski definition) is 2. The lowest BCUT2D eigenvalue weighted by Gasteiger charge is -2.10. The fraction of sp³-hybridized carbons (Fsp3) is 0.316. The van der Waals surface area contributed by atoms with Crippen LogP contribution in [0, 0.1) is 17.6 Å². The topological polar surface area (TPSA) is 41.1 Å². The Morgan fingerprint density at radius 3 is 2.54 bits per heavy atom. The average Bonchev–Trinajstić information content (AvgIpc) is 3.08. The van der Waals surface area contributed by atoms with Crippen LogP contribution in [0.25, 0.3) is 11.1 Å². The van der Waals surface area contributed by atoms with Crippen molar-refractivity contribution in [2.24, 2.45) is 5.92 Å². The van der Waals surface area contributed by atoms with Gasteiger partial charge in [-0.1, -0.05) is 18.2 Å². The highest BCUT2D eigenvalue weighted by Crippen LogP contribution is 2.22. The van der Waals surface area contributed by atoms with Gasteiger partial charge in [-0.2, -0.15) is 0 Å².